The molecule has 0 saturated heterocycles. The quantitative estimate of drug-likeness (QED) is 0.856. The van der Waals surface area contributed by atoms with E-state index >= 15 is 0 Å². The van der Waals surface area contributed by atoms with Crippen LogP contribution in [-0.4, -0.2) is 20.2 Å². The number of carbonyl (C=O) groups excluding carboxylic acids is 2. The summed E-state index contributed by atoms with van der Waals surface area (Å²) in [6.07, 6.45) is -0.121. The van der Waals surface area contributed by atoms with E-state index < -0.39 is 21.8 Å². The molecular formula is C16H16N2O4S. The second-order valence-corrected chi connectivity index (χ2v) is 6.68. The maximum absolute atomic E-state index is 12.2. The van der Waals surface area contributed by atoms with Crippen LogP contribution in [-0.2, 0) is 21.2 Å². The van der Waals surface area contributed by atoms with Crippen molar-refractivity contribution in [3.05, 3.63) is 65.2 Å². The van der Waals surface area contributed by atoms with Gasteiger partial charge in [-0.1, -0.05) is 30.3 Å². The van der Waals surface area contributed by atoms with Crippen LogP contribution in [0.25, 0.3) is 0 Å². The summed E-state index contributed by atoms with van der Waals surface area (Å²) in [4.78, 5) is 23.0. The van der Waals surface area contributed by atoms with Gasteiger partial charge in [-0.3, -0.25) is 9.59 Å². The second kappa shape index (κ2) is 6.62. The number of hydrogen-bond donors (Lipinski definition) is 2. The molecule has 0 radical (unpaired) electrons. The summed E-state index contributed by atoms with van der Waals surface area (Å²) in [5, 5.41) is 0. The zero-order valence-corrected chi connectivity index (χ0v) is 13.3. The van der Waals surface area contributed by atoms with Gasteiger partial charge in [-0.25, -0.2) is 13.1 Å². The minimum absolute atomic E-state index is 0.0671. The minimum atomic E-state index is -3.91. The predicted octanol–water partition coefficient (Wildman–Crippen LogP) is 1.14. The molecule has 120 valence electrons. The van der Waals surface area contributed by atoms with Crippen molar-refractivity contribution >= 4 is 21.8 Å². The first-order valence-corrected chi connectivity index (χ1v) is 8.28. The van der Waals surface area contributed by atoms with Gasteiger partial charge in [0, 0.05) is 5.56 Å². The van der Waals surface area contributed by atoms with Crippen molar-refractivity contribution in [1.29, 1.82) is 0 Å². The summed E-state index contributed by atoms with van der Waals surface area (Å²) in [7, 11) is -3.91. The van der Waals surface area contributed by atoms with Gasteiger partial charge in [-0.05, 0) is 36.2 Å². The van der Waals surface area contributed by atoms with Gasteiger partial charge in [0.15, 0.2) is 0 Å². The number of hydrogen-bond acceptors (Lipinski definition) is 4. The third-order valence-corrected chi connectivity index (χ3v) is 4.77. The molecule has 0 aliphatic carbocycles. The van der Waals surface area contributed by atoms with Crippen LogP contribution in [0.15, 0.2) is 53.4 Å². The van der Waals surface area contributed by atoms with Gasteiger partial charge in [0.2, 0.25) is 11.8 Å². The van der Waals surface area contributed by atoms with Gasteiger partial charge >= 0.3 is 0 Å². The molecule has 0 saturated carbocycles. The average molecular weight is 332 g/mol. The van der Waals surface area contributed by atoms with Crippen molar-refractivity contribution in [3.8, 4) is 0 Å². The van der Waals surface area contributed by atoms with Crippen LogP contribution >= 0.6 is 0 Å². The van der Waals surface area contributed by atoms with Crippen molar-refractivity contribution in [2.45, 2.75) is 18.2 Å². The molecule has 0 spiro atoms. The fourth-order valence-corrected chi connectivity index (χ4v) is 3.30. The van der Waals surface area contributed by atoms with E-state index in [4.69, 9.17) is 5.73 Å². The molecule has 0 heterocycles. The van der Waals surface area contributed by atoms with Crippen LogP contribution in [0.2, 0.25) is 0 Å². The van der Waals surface area contributed by atoms with E-state index in [1.54, 1.807) is 37.3 Å². The lowest BCUT2D eigenvalue weighted by molar-refractivity contribution is -0.118. The number of sulfonamides is 1. The van der Waals surface area contributed by atoms with E-state index in [2.05, 4.69) is 0 Å². The summed E-state index contributed by atoms with van der Waals surface area (Å²) in [6.45, 7) is 1.65. The number of aryl methyl sites for hydroxylation is 1. The first-order chi connectivity index (χ1) is 10.8. The highest BCUT2D eigenvalue weighted by Crippen LogP contribution is 2.14. The van der Waals surface area contributed by atoms with Gasteiger partial charge < -0.3 is 5.73 Å². The molecule has 0 fully saturated rings. The topological polar surface area (TPSA) is 106 Å². The zero-order chi connectivity index (χ0) is 17.0. The number of primary amides is 1. The molecule has 2 aromatic rings. The van der Waals surface area contributed by atoms with Gasteiger partial charge in [0.05, 0.1) is 11.3 Å². The van der Waals surface area contributed by atoms with Gasteiger partial charge in [-0.15, -0.1) is 0 Å². The molecule has 2 aromatic carbocycles. The molecule has 6 nitrogen and oxygen atoms in total. The van der Waals surface area contributed by atoms with Crippen LogP contribution in [0.3, 0.4) is 0 Å². The number of benzene rings is 2. The number of nitrogens with one attached hydrogen (secondary N) is 1. The SMILES string of the molecule is Cc1ccccc1S(=O)(=O)NC(=O)Cc1ccc(C(N)=O)cc1. The Labute approximate surface area is 134 Å². The van der Waals surface area contributed by atoms with E-state index in [0.717, 1.165) is 0 Å². The lowest BCUT2D eigenvalue weighted by atomic mass is 10.1. The van der Waals surface area contributed by atoms with E-state index in [1.165, 1.54) is 18.2 Å². The number of amides is 2. The van der Waals surface area contributed by atoms with Crippen LogP contribution < -0.4 is 10.5 Å². The molecule has 2 amide bonds. The van der Waals surface area contributed by atoms with Crippen molar-refractivity contribution in [2.24, 2.45) is 5.73 Å². The van der Waals surface area contributed by atoms with E-state index in [-0.39, 0.29) is 11.3 Å². The molecule has 23 heavy (non-hydrogen) atoms. The fourth-order valence-electron chi connectivity index (χ4n) is 2.07. The average Bonchev–Trinajstić information content (AvgIpc) is 2.47. The standard InChI is InChI=1S/C16H16N2O4S/c1-11-4-2-3-5-14(11)23(21,22)18-15(19)10-12-6-8-13(9-7-12)16(17)20/h2-9H,10H2,1H3,(H2,17,20)(H,18,19). The number of nitrogens with two attached hydrogens (primary N) is 1. The molecule has 3 N–H and O–H groups in total. The van der Waals surface area contributed by atoms with Gasteiger partial charge in [0.25, 0.3) is 10.0 Å². The summed E-state index contributed by atoms with van der Waals surface area (Å²) in [5.74, 6) is -1.22. The minimum Gasteiger partial charge on any atom is -0.366 e. The molecule has 2 rings (SSSR count). The lowest BCUT2D eigenvalue weighted by Crippen LogP contribution is -2.32. The van der Waals surface area contributed by atoms with Crippen LogP contribution in [0.5, 0.6) is 0 Å². The first-order valence-electron chi connectivity index (χ1n) is 6.79. The Bertz CT molecular complexity index is 843. The Balaban J connectivity index is 2.10. The van der Waals surface area contributed by atoms with Gasteiger partial charge in [-0.2, -0.15) is 0 Å². The molecule has 0 unspecified atom stereocenters. The number of rotatable bonds is 5. The third kappa shape index (κ3) is 4.17. The molecule has 0 aromatic heterocycles. The maximum Gasteiger partial charge on any atom is 0.264 e. The van der Waals surface area contributed by atoms with Crippen LogP contribution in [0.4, 0.5) is 0 Å². The van der Waals surface area contributed by atoms with Gasteiger partial charge in [0.1, 0.15) is 0 Å². The Morgan fingerprint density at radius 1 is 1.04 bits per heavy atom. The highest BCUT2D eigenvalue weighted by atomic mass is 32.2. The first kappa shape index (κ1) is 16.7. The van der Waals surface area contributed by atoms with Crippen LogP contribution in [0, 0.1) is 6.92 Å². The largest absolute Gasteiger partial charge is 0.366 e. The normalized spacial score (nSPS) is 11.0. The molecular weight excluding hydrogens is 316 g/mol. The van der Waals surface area contributed by atoms with Crippen molar-refractivity contribution in [2.75, 3.05) is 0 Å². The molecule has 0 aliphatic rings. The Morgan fingerprint density at radius 3 is 2.22 bits per heavy atom. The van der Waals surface area contributed by atoms with Crippen molar-refractivity contribution in [3.63, 3.8) is 0 Å². The number of carbonyl (C=O) groups is 2. The molecule has 7 heteroatoms. The Kier molecular flexibility index (Phi) is 4.80. The lowest BCUT2D eigenvalue weighted by Gasteiger charge is -2.09. The fraction of sp³-hybridized carbons (Fsp3) is 0.125. The monoisotopic (exact) mass is 332 g/mol. The Morgan fingerprint density at radius 2 is 1.65 bits per heavy atom. The van der Waals surface area contributed by atoms with Crippen LogP contribution in [0.1, 0.15) is 21.5 Å². The summed E-state index contributed by atoms with van der Waals surface area (Å²) in [6, 6.07) is 12.5. The van der Waals surface area contributed by atoms with E-state index in [0.29, 0.717) is 16.7 Å². The van der Waals surface area contributed by atoms with Crippen molar-refractivity contribution < 1.29 is 18.0 Å². The van der Waals surface area contributed by atoms with E-state index in [9.17, 15) is 18.0 Å². The molecule has 0 aliphatic heterocycles. The smallest absolute Gasteiger partial charge is 0.264 e. The second-order valence-electron chi connectivity index (χ2n) is 5.03. The predicted molar refractivity (Wildman–Crippen MR) is 85.2 cm³/mol. The molecule has 0 bridgehead atoms. The maximum atomic E-state index is 12.2. The molecule has 0 atom stereocenters. The highest BCUT2D eigenvalue weighted by Gasteiger charge is 2.19. The summed E-state index contributed by atoms with van der Waals surface area (Å²) in [5.41, 5.74) is 6.58. The van der Waals surface area contributed by atoms with Crippen molar-refractivity contribution in [1.82, 2.24) is 4.72 Å². The van der Waals surface area contributed by atoms with E-state index in [1.807, 2.05) is 4.72 Å². The third-order valence-electron chi connectivity index (χ3n) is 3.23. The Hall–Kier alpha value is -2.67. The highest BCUT2D eigenvalue weighted by molar-refractivity contribution is 7.90. The summed E-state index contributed by atoms with van der Waals surface area (Å²) < 4.78 is 26.4. The summed E-state index contributed by atoms with van der Waals surface area (Å²) >= 11 is 0. The zero-order valence-electron chi connectivity index (χ0n) is 12.4.